The molecule has 84 valence electrons. The summed E-state index contributed by atoms with van der Waals surface area (Å²) in [5.41, 5.74) is 5.76. The Hall–Kier alpha value is -0.120. The van der Waals surface area contributed by atoms with Gasteiger partial charge in [-0.05, 0) is 32.2 Å². The normalized spacial score (nSPS) is 31.7. The van der Waals surface area contributed by atoms with Crippen LogP contribution in [0.25, 0.3) is 0 Å². The summed E-state index contributed by atoms with van der Waals surface area (Å²) >= 11 is 0. The van der Waals surface area contributed by atoms with Crippen LogP contribution >= 0.6 is 0 Å². The predicted octanol–water partition coefficient (Wildman–Crippen LogP) is 0.817. The van der Waals surface area contributed by atoms with Crippen molar-refractivity contribution in [3.8, 4) is 0 Å². The fourth-order valence-electron chi connectivity index (χ4n) is 2.38. The van der Waals surface area contributed by atoms with E-state index < -0.39 is 0 Å². The zero-order valence-corrected chi connectivity index (χ0v) is 9.45. The molecule has 1 heterocycles. The molecule has 3 unspecified atom stereocenters. The highest BCUT2D eigenvalue weighted by Gasteiger charge is 2.26. The first-order valence-electron chi connectivity index (χ1n) is 5.79. The first kappa shape index (κ1) is 12.0. The molecule has 1 aliphatic heterocycles. The molecule has 0 aromatic rings. The molecule has 14 heavy (non-hydrogen) atoms. The number of β-amino-alcohol motifs (C(OH)–C–C–N with tert-alkyl or cyclic N) is 1. The van der Waals surface area contributed by atoms with E-state index in [-0.39, 0.29) is 6.10 Å². The Morgan fingerprint density at radius 2 is 2.29 bits per heavy atom. The third-order valence-electron chi connectivity index (χ3n) is 3.29. The van der Waals surface area contributed by atoms with Gasteiger partial charge < -0.3 is 10.8 Å². The van der Waals surface area contributed by atoms with Crippen LogP contribution in [0.4, 0.5) is 0 Å². The molecule has 1 aliphatic rings. The lowest BCUT2D eigenvalue weighted by molar-refractivity contribution is 0.0609. The van der Waals surface area contributed by atoms with Gasteiger partial charge in [-0.1, -0.05) is 13.3 Å². The molecule has 0 radical (unpaired) electrons. The van der Waals surface area contributed by atoms with Gasteiger partial charge in [0.1, 0.15) is 0 Å². The maximum atomic E-state index is 9.36. The molecule has 0 aromatic heterocycles. The van der Waals surface area contributed by atoms with Gasteiger partial charge in [-0.2, -0.15) is 0 Å². The van der Waals surface area contributed by atoms with Crippen molar-refractivity contribution in [2.45, 2.75) is 45.3 Å². The molecule has 0 saturated carbocycles. The second kappa shape index (κ2) is 5.69. The molecule has 3 heteroatoms. The van der Waals surface area contributed by atoms with Crippen LogP contribution in [0.5, 0.6) is 0 Å². The van der Waals surface area contributed by atoms with Crippen LogP contribution < -0.4 is 5.73 Å². The summed E-state index contributed by atoms with van der Waals surface area (Å²) in [4.78, 5) is 2.34. The van der Waals surface area contributed by atoms with Crippen molar-refractivity contribution in [1.29, 1.82) is 0 Å². The minimum atomic E-state index is -0.234. The minimum Gasteiger partial charge on any atom is -0.392 e. The van der Waals surface area contributed by atoms with Crippen LogP contribution in [0.15, 0.2) is 0 Å². The Balaban J connectivity index is 2.43. The molecular weight excluding hydrogens is 176 g/mol. The lowest BCUT2D eigenvalue weighted by Crippen LogP contribution is -2.48. The second-order valence-corrected chi connectivity index (χ2v) is 4.53. The van der Waals surface area contributed by atoms with Crippen molar-refractivity contribution in [2.75, 3.05) is 19.6 Å². The van der Waals surface area contributed by atoms with E-state index in [9.17, 15) is 5.11 Å². The molecule has 1 rings (SSSR count). The van der Waals surface area contributed by atoms with Crippen molar-refractivity contribution in [3.63, 3.8) is 0 Å². The Kier molecular flexibility index (Phi) is 4.85. The van der Waals surface area contributed by atoms with Crippen LogP contribution in [0.1, 0.15) is 33.1 Å². The number of hydrogen-bond acceptors (Lipinski definition) is 3. The van der Waals surface area contributed by atoms with Crippen LogP contribution in [0, 0.1) is 5.92 Å². The van der Waals surface area contributed by atoms with E-state index in [0.29, 0.717) is 6.04 Å². The molecule has 0 amide bonds. The van der Waals surface area contributed by atoms with Gasteiger partial charge in [0.25, 0.3) is 0 Å². The SMILES string of the molecule is CCC1CCN(CC(C)O)C(CN)C1. The molecule has 3 atom stereocenters. The third-order valence-corrected chi connectivity index (χ3v) is 3.29. The van der Waals surface area contributed by atoms with E-state index in [1.54, 1.807) is 0 Å². The molecule has 0 spiro atoms. The second-order valence-electron chi connectivity index (χ2n) is 4.53. The summed E-state index contributed by atoms with van der Waals surface area (Å²) in [7, 11) is 0. The van der Waals surface area contributed by atoms with Gasteiger partial charge in [-0.25, -0.2) is 0 Å². The lowest BCUT2D eigenvalue weighted by Gasteiger charge is -2.39. The van der Waals surface area contributed by atoms with Gasteiger partial charge in [-0.3, -0.25) is 4.90 Å². The lowest BCUT2D eigenvalue weighted by atomic mass is 9.89. The summed E-state index contributed by atoms with van der Waals surface area (Å²) < 4.78 is 0. The highest BCUT2D eigenvalue weighted by atomic mass is 16.3. The van der Waals surface area contributed by atoms with E-state index in [4.69, 9.17) is 5.73 Å². The van der Waals surface area contributed by atoms with Crippen LogP contribution in [0.3, 0.4) is 0 Å². The molecule has 0 aliphatic carbocycles. The molecule has 0 aromatic carbocycles. The number of nitrogens with two attached hydrogens (primary N) is 1. The van der Waals surface area contributed by atoms with Gasteiger partial charge in [-0.15, -0.1) is 0 Å². The molecule has 1 fully saturated rings. The van der Waals surface area contributed by atoms with Crippen molar-refractivity contribution in [3.05, 3.63) is 0 Å². The smallest absolute Gasteiger partial charge is 0.0639 e. The van der Waals surface area contributed by atoms with Gasteiger partial charge in [0, 0.05) is 19.1 Å². The maximum Gasteiger partial charge on any atom is 0.0639 e. The van der Waals surface area contributed by atoms with E-state index >= 15 is 0 Å². The number of piperidine rings is 1. The van der Waals surface area contributed by atoms with Gasteiger partial charge in [0.05, 0.1) is 6.10 Å². The quantitative estimate of drug-likeness (QED) is 0.706. The molecule has 3 N–H and O–H groups in total. The summed E-state index contributed by atoms with van der Waals surface area (Å²) in [6.07, 6.45) is 3.50. The van der Waals surface area contributed by atoms with Crippen LogP contribution in [-0.4, -0.2) is 41.8 Å². The summed E-state index contributed by atoms with van der Waals surface area (Å²) in [5, 5.41) is 9.36. The molecule has 1 saturated heterocycles. The number of likely N-dealkylation sites (tertiary alicyclic amines) is 1. The maximum absolute atomic E-state index is 9.36. The van der Waals surface area contributed by atoms with Crippen LogP contribution in [0.2, 0.25) is 0 Å². The first-order valence-corrected chi connectivity index (χ1v) is 5.79. The van der Waals surface area contributed by atoms with E-state index in [0.717, 1.165) is 25.6 Å². The highest BCUT2D eigenvalue weighted by molar-refractivity contribution is 4.82. The first-order chi connectivity index (χ1) is 6.67. The van der Waals surface area contributed by atoms with Gasteiger partial charge in [0.15, 0.2) is 0 Å². The monoisotopic (exact) mass is 200 g/mol. The number of nitrogens with zero attached hydrogens (tertiary/aromatic N) is 1. The zero-order chi connectivity index (χ0) is 10.6. The third kappa shape index (κ3) is 3.23. The predicted molar refractivity (Wildman–Crippen MR) is 59.1 cm³/mol. The Morgan fingerprint density at radius 1 is 1.57 bits per heavy atom. The summed E-state index contributed by atoms with van der Waals surface area (Å²) in [5.74, 6) is 0.841. The standard InChI is InChI=1S/C11H24N2O/c1-3-10-4-5-13(8-9(2)14)11(6-10)7-12/h9-11,14H,3-8,12H2,1-2H3. The summed E-state index contributed by atoms with van der Waals surface area (Å²) in [6.45, 7) is 6.70. The van der Waals surface area contributed by atoms with Crippen molar-refractivity contribution < 1.29 is 5.11 Å². The number of aliphatic hydroxyl groups is 1. The number of aliphatic hydroxyl groups excluding tert-OH is 1. The fraction of sp³-hybridized carbons (Fsp3) is 1.00. The number of hydrogen-bond donors (Lipinski definition) is 2. The van der Waals surface area contributed by atoms with E-state index in [1.807, 2.05) is 6.92 Å². The zero-order valence-electron chi connectivity index (χ0n) is 9.45. The molecule has 3 nitrogen and oxygen atoms in total. The minimum absolute atomic E-state index is 0.234. The Labute approximate surface area is 87.3 Å². The van der Waals surface area contributed by atoms with E-state index in [1.165, 1.54) is 19.3 Å². The van der Waals surface area contributed by atoms with Gasteiger partial charge >= 0.3 is 0 Å². The molecule has 0 bridgehead atoms. The van der Waals surface area contributed by atoms with Gasteiger partial charge in [0.2, 0.25) is 0 Å². The highest BCUT2D eigenvalue weighted by Crippen LogP contribution is 2.24. The average molecular weight is 200 g/mol. The topological polar surface area (TPSA) is 49.5 Å². The van der Waals surface area contributed by atoms with Crippen molar-refractivity contribution in [1.82, 2.24) is 4.90 Å². The molecular formula is C11H24N2O. The largest absolute Gasteiger partial charge is 0.392 e. The Bertz CT molecular complexity index is 161. The van der Waals surface area contributed by atoms with Crippen molar-refractivity contribution in [2.24, 2.45) is 11.7 Å². The number of rotatable bonds is 4. The van der Waals surface area contributed by atoms with Crippen LogP contribution in [-0.2, 0) is 0 Å². The fourth-order valence-corrected chi connectivity index (χ4v) is 2.38. The summed E-state index contributed by atoms with van der Waals surface area (Å²) in [6, 6.07) is 0.489. The average Bonchev–Trinajstić information content (AvgIpc) is 2.17. The van der Waals surface area contributed by atoms with Crippen molar-refractivity contribution >= 4 is 0 Å². The Morgan fingerprint density at radius 3 is 2.79 bits per heavy atom. The van der Waals surface area contributed by atoms with E-state index in [2.05, 4.69) is 11.8 Å².